The Bertz CT molecular complexity index is 9520. The monoisotopic (exact) mass is 1910 g/mol. The first kappa shape index (κ1) is 87.8. The van der Waals surface area contributed by atoms with E-state index in [-0.39, 0.29) is 0 Å². The quantitative estimate of drug-likeness (QED) is 0.0841. The Balaban J connectivity index is 0.000000144. The minimum Gasteiger partial charge on any atom is -0.311 e. The van der Waals surface area contributed by atoms with Crippen molar-refractivity contribution in [2.45, 2.75) is 0 Å². The third-order valence-corrected chi connectivity index (χ3v) is 30.5. The molecule has 0 unspecified atom stereocenters. The number of benzene rings is 24. The van der Waals surface area contributed by atoms with Crippen molar-refractivity contribution in [3.05, 3.63) is 582 Å². The fourth-order valence-electron chi connectivity index (χ4n) is 23.0. The SMILES string of the molecule is c1ccc(-c2ccc(-n3c4ccc(-c5ccc(-c6ccc(-n7c8ccccc8c8ccccc87)cc6)cc5)cc4c4cc(-c5ccc(-c6ccc(-n7c8ccccc8c8ccccc87)cc6)cc5)ccc43)cc2)cc1.c1ccc(-c2ccc(N(c3ccc(-c4ccc(-c5ccc6c(c5)c5ccccc5n6-c5ccccc5)cc4)cc3)c3ccc(-c4ccc(-c5ccc6c(c5)c5ccccc5n6-c5ccccc5)cc4)cc3)cc2)cc1. The molecule has 702 valence electrons. The summed E-state index contributed by atoms with van der Waals surface area (Å²) in [6, 6.07) is 212. The van der Waals surface area contributed by atoms with Crippen LogP contribution in [0.2, 0.25) is 0 Å². The third kappa shape index (κ3) is 15.8. The van der Waals surface area contributed by atoms with Crippen LogP contribution in [0.1, 0.15) is 0 Å². The van der Waals surface area contributed by atoms with Crippen molar-refractivity contribution in [3.8, 4) is 140 Å². The van der Waals surface area contributed by atoms with Gasteiger partial charge in [-0.2, -0.15) is 0 Å². The van der Waals surface area contributed by atoms with Gasteiger partial charge in [0, 0.05) is 99.4 Å². The van der Waals surface area contributed by atoms with Crippen LogP contribution in [0.3, 0.4) is 0 Å². The molecule has 6 heteroatoms. The van der Waals surface area contributed by atoms with Crippen molar-refractivity contribution in [3.63, 3.8) is 0 Å². The molecule has 0 spiro atoms. The predicted molar refractivity (Wildman–Crippen MR) is 634 cm³/mol. The van der Waals surface area contributed by atoms with Gasteiger partial charge in [-0.3, -0.25) is 0 Å². The van der Waals surface area contributed by atoms with Gasteiger partial charge in [0.2, 0.25) is 0 Å². The second-order valence-electron chi connectivity index (χ2n) is 39.0. The normalized spacial score (nSPS) is 11.6. The highest BCUT2D eigenvalue weighted by Crippen LogP contribution is 2.46. The van der Waals surface area contributed by atoms with Crippen LogP contribution in [-0.4, -0.2) is 22.8 Å². The summed E-state index contributed by atoms with van der Waals surface area (Å²) >= 11 is 0. The zero-order valence-electron chi connectivity index (χ0n) is 82.1. The number of hydrogen-bond donors (Lipinski definition) is 0. The van der Waals surface area contributed by atoms with Gasteiger partial charge in [0.1, 0.15) is 0 Å². The average molecular weight is 1910 g/mol. The molecule has 29 rings (SSSR count). The second kappa shape index (κ2) is 37.4. The van der Waals surface area contributed by atoms with E-state index in [1.165, 1.54) is 232 Å². The van der Waals surface area contributed by atoms with E-state index in [4.69, 9.17) is 0 Å². The fraction of sp³-hybridized carbons (Fsp3) is 0. The number of rotatable bonds is 18. The molecule has 150 heavy (non-hydrogen) atoms. The van der Waals surface area contributed by atoms with Crippen LogP contribution in [0.25, 0.3) is 249 Å². The Kier molecular flexibility index (Phi) is 21.9. The standard InChI is InChI=1S/C72H47N3.C72H49N3/c1-2-12-48(13-3-1)51-30-38-60(39-31-51)75-71-44-36-56(54-26-22-49(23-27-54)52-32-40-58(41-33-52)73-67-18-8-4-14-61(67)62-15-5-9-19-68(62)73)46-65(71)66-47-57(37-45-72(66)75)55-28-24-50(25-29-55)53-34-42-59(43-35-53)74-69-20-10-6-16-63(69)64-17-7-11-21-70(64)74;1-4-14-50(15-5-1)53-32-40-62(41-33-53)73(63-42-34-54(35-43-63)51-24-28-56(29-25-51)58-38-46-71-67(48-58)65-20-10-12-22-69(65)74(71)60-16-6-2-7-17-60)64-44-36-55(37-45-64)52-26-30-57(31-27-52)59-39-47-72-68(49-59)66-21-11-13-23-70(66)75(72)61-18-8-3-9-19-61/h1-47H;1-49H. The number of aromatic nitrogens is 5. The summed E-state index contributed by atoms with van der Waals surface area (Å²) in [5, 5.41) is 12.6. The summed E-state index contributed by atoms with van der Waals surface area (Å²) in [4.78, 5) is 2.35. The molecule has 6 nitrogen and oxygen atoms in total. The Hall–Kier alpha value is -19.9. The van der Waals surface area contributed by atoms with E-state index in [2.05, 4.69) is 610 Å². The summed E-state index contributed by atoms with van der Waals surface area (Å²) in [6.07, 6.45) is 0. The molecular weight excluding hydrogens is 1810 g/mol. The molecule has 0 N–H and O–H groups in total. The van der Waals surface area contributed by atoms with Crippen molar-refractivity contribution in [1.82, 2.24) is 22.8 Å². The summed E-state index contributed by atoms with van der Waals surface area (Å²) in [7, 11) is 0. The van der Waals surface area contributed by atoms with Gasteiger partial charge < -0.3 is 27.7 Å². The van der Waals surface area contributed by atoms with Crippen LogP contribution in [-0.2, 0) is 0 Å². The highest BCUT2D eigenvalue weighted by Gasteiger charge is 2.23. The van der Waals surface area contributed by atoms with Crippen LogP contribution in [0, 0.1) is 0 Å². The first-order valence-electron chi connectivity index (χ1n) is 51.5. The van der Waals surface area contributed by atoms with E-state index in [0.717, 1.165) is 34.1 Å². The lowest BCUT2D eigenvalue weighted by Gasteiger charge is -2.26. The summed E-state index contributed by atoms with van der Waals surface area (Å²) in [5.74, 6) is 0. The van der Waals surface area contributed by atoms with Crippen LogP contribution in [0.15, 0.2) is 582 Å². The van der Waals surface area contributed by atoms with Crippen molar-refractivity contribution in [1.29, 1.82) is 0 Å². The molecule has 29 aromatic rings. The maximum atomic E-state index is 2.42. The summed E-state index contributed by atoms with van der Waals surface area (Å²) < 4.78 is 11.9. The van der Waals surface area contributed by atoms with Gasteiger partial charge in [0.15, 0.2) is 0 Å². The van der Waals surface area contributed by atoms with Crippen molar-refractivity contribution >= 4 is 126 Å². The van der Waals surface area contributed by atoms with Crippen molar-refractivity contribution in [2.75, 3.05) is 4.90 Å². The van der Waals surface area contributed by atoms with E-state index in [1.54, 1.807) is 0 Å². The van der Waals surface area contributed by atoms with Gasteiger partial charge >= 0.3 is 0 Å². The number of nitrogens with zero attached hydrogens (tertiary/aromatic N) is 6. The van der Waals surface area contributed by atoms with Gasteiger partial charge in [-0.1, -0.05) is 400 Å². The second-order valence-corrected chi connectivity index (χ2v) is 39.0. The van der Waals surface area contributed by atoms with Crippen LogP contribution >= 0.6 is 0 Å². The van der Waals surface area contributed by atoms with Gasteiger partial charge in [0.25, 0.3) is 0 Å². The zero-order valence-corrected chi connectivity index (χ0v) is 82.1. The fourth-order valence-corrected chi connectivity index (χ4v) is 23.0. The van der Waals surface area contributed by atoms with Gasteiger partial charge in [0.05, 0.1) is 55.2 Å². The highest BCUT2D eigenvalue weighted by atomic mass is 15.1. The summed E-state index contributed by atoms with van der Waals surface area (Å²) in [6.45, 7) is 0. The van der Waals surface area contributed by atoms with Gasteiger partial charge in [-0.05, 0) is 293 Å². The number of anilines is 3. The van der Waals surface area contributed by atoms with E-state index in [1.807, 2.05) is 0 Å². The molecular formula is C144H96N6. The first-order valence-corrected chi connectivity index (χ1v) is 51.5. The maximum absolute atomic E-state index is 2.42. The largest absolute Gasteiger partial charge is 0.311 e. The Morgan fingerprint density at radius 2 is 0.227 bits per heavy atom. The maximum Gasteiger partial charge on any atom is 0.0541 e. The van der Waals surface area contributed by atoms with Crippen molar-refractivity contribution < 1.29 is 0 Å². The highest BCUT2D eigenvalue weighted by molar-refractivity contribution is 6.15. The number of fused-ring (bicyclic) bond motifs is 15. The van der Waals surface area contributed by atoms with Crippen molar-refractivity contribution in [2.24, 2.45) is 0 Å². The lowest BCUT2D eigenvalue weighted by atomic mass is 9.97. The van der Waals surface area contributed by atoms with Crippen LogP contribution in [0.5, 0.6) is 0 Å². The van der Waals surface area contributed by atoms with E-state index in [9.17, 15) is 0 Å². The topological polar surface area (TPSA) is 27.9 Å². The molecule has 0 amide bonds. The third-order valence-electron chi connectivity index (χ3n) is 30.5. The molecule has 24 aromatic carbocycles. The molecule has 0 fully saturated rings. The Morgan fingerprint density at radius 1 is 0.0933 bits per heavy atom. The minimum atomic E-state index is 1.09. The Morgan fingerprint density at radius 3 is 0.440 bits per heavy atom. The van der Waals surface area contributed by atoms with E-state index >= 15 is 0 Å². The van der Waals surface area contributed by atoms with Gasteiger partial charge in [-0.15, -0.1) is 0 Å². The molecule has 0 atom stereocenters. The molecule has 0 aliphatic carbocycles. The van der Waals surface area contributed by atoms with Crippen LogP contribution < -0.4 is 4.90 Å². The molecule has 5 heterocycles. The molecule has 5 aromatic heterocycles. The Labute approximate surface area is 869 Å². The lowest BCUT2D eigenvalue weighted by Crippen LogP contribution is -2.09. The zero-order chi connectivity index (χ0) is 99.1. The minimum absolute atomic E-state index is 1.09. The smallest absolute Gasteiger partial charge is 0.0541 e. The molecule has 0 aliphatic heterocycles. The number of para-hydroxylation sites is 8. The summed E-state index contributed by atoms with van der Waals surface area (Å²) in [5.41, 5.74) is 45.0. The lowest BCUT2D eigenvalue weighted by molar-refractivity contribution is 1.18. The predicted octanol–water partition coefficient (Wildman–Crippen LogP) is 39.0. The van der Waals surface area contributed by atoms with E-state index in [0.29, 0.717) is 0 Å². The molecule has 0 saturated carbocycles. The number of hydrogen-bond acceptors (Lipinski definition) is 1. The molecule has 0 radical (unpaired) electrons. The first-order chi connectivity index (χ1) is 74.4. The molecule has 0 bridgehead atoms. The average Bonchev–Trinajstić information content (AvgIpc) is 1.62. The molecule has 0 saturated heterocycles. The van der Waals surface area contributed by atoms with Crippen LogP contribution in [0.4, 0.5) is 17.1 Å². The van der Waals surface area contributed by atoms with Gasteiger partial charge in [-0.25, -0.2) is 0 Å². The molecule has 0 aliphatic rings. The van der Waals surface area contributed by atoms with E-state index < -0.39 is 0 Å².